The first-order valence-corrected chi connectivity index (χ1v) is 8.13. The smallest absolute Gasteiger partial charge is 0.407 e. The summed E-state index contributed by atoms with van der Waals surface area (Å²) in [5.41, 5.74) is -0.489. The number of aliphatic imine (C=N–C) groups is 1. The van der Waals surface area contributed by atoms with Crippen molar-refractivity contribution in [1.82, 2.24) is 16.0 Å². The van der Waals surface area contributed by atoms with E-state index in [1.807, 2.05) is 20.8 Å². The van der Waals surface area contributed by atoms with Crippen molar-refractivity contribution in [2.24, 2.45) is 10.9 Å². The molecule has 130 valence electrons. The van der Waals surface area contributed by atoms with E-state index in [-0.39, 0.29) is 18.1 Å². The van der Waals surface area contributed by atoms with E-state index in [2.05, 4.69) is 41.7 Å². The number of alkyl carbamates (subject to hydrolysis) is 1. The van der Waals surface area contributed by atoms with Crippen LogP contribution in [-0.2, 0) is 4.74 Å². The Balaban J connectivity index is 4.37. The highest BCUT2D eigenvalue weighted by molar-refractivity contribution is 5.79. The van der Waals surface area contributed by atoms with Gasteiger partial charge >= 0.3 is 6.09 Å². The maximum Gasteiger partial charge on any atom is 0.407 e. The first kappa shape index (κ1) is 20.5. The molecule has 0 radical (unpaired) electrons. The quantitative estimate of drug-likeness (QED) is 0.383. The lowest BCUT2D eigenvalue weighted by atomic mass is 10.0. The SMILES string of the molecule is CCCCNC(=NC)NCC(NC(=O)OC(C)(C)C)C(C)C. The van der Waals surface area contributed by atoms with Gasteiger partial charge in [-0.15, -0.1) is 0 Å². The Hall–Kier alpha value is -1.46. The van der Waals surface area contributed by atoms with E-state index in [0.29, 0.717) is 6.54 Å². The van der Waals surface area contributed by atoms with Gasteiger partial charge < -0.3 is 20.7 Å². The normalized spacial score (nSPS) is 13.7. The summed E-state index contributed by atoms with van der Waals surface area (Å²) >= 11 is 0. The third-order valence-electron chi connectivity index (χ3n) is 3.04. The monoisotopic (exact) mass is 314 g/mol. The highest BCUT2D eigenvalue weighted by Crippen LogP contribution is 2.08. The molecule has 3 N–H and O–H groups in total. The van der Waals surface area contributed by atoms with E-state index in [4.69, 9.17) is 4.74 Å². The van der Waals surface area contributed by atoms with Gasteiger partial charge in [0.2, 0.25) is 0 Å². The predicted molar refractivity (Wildman–Crippen MR) is 92.3 cm³/mol. The molecule has 0 aliphatic carbocycles. The van der Waals surface area contributed by atoms with E-state index < -0.39 is 5.60 Å². The molecule has 0 aliphatic heterocycles. The molecule has 0 aromatic carbocycles. The maximum atomic E-state index is 11.9. The topological polar surface area (TPSA) is 74.8 Å². The first-order valence-electron chi connectivity index (χ1n) is 8.13. The molecule has 0 spiro atoms. The molecule has 6 nitrogen and oxygen atoms in total. The minimum Gasteiger partial charge on any atom is -0.444 e. The van der Waals surface area contributed by atoms with Crippen LogP contribution in [0, 0.1) is 5.92 Å². The third-order valence-corrected chi connectivity index (χ3v) is 3.04. The molecule has 0 aromatic rings. The van der Waals surface area contributed by atoms with E-state index in [0.717, 1.165) is 25.3 Å². The van der Waals surface area contributed by atoms with E-state index in [1.165, 1.54) is 0 Å². The van der Waals surface area contributed by atoms with E-state index in [9.17, 15) is 4.79 Å². The number of rotatable bonds is 7. The Morgan fingerprint density at radius 3 is 2.32 bits per heavy atom. The maximum absolute atomic E-state index is 11.9. The van der Waals surface area contributed by atoms with Crippen molar-refractivity contribution in [1.29, 1.82) is 0 Å². The Bertz CT molecular complexity index is 349. The van der Waals surface area contributed by atoms with Crippen molar-refractivity contribution in [3.63, 3.8) is 0 Å². The van der Waals surface area contributed by atoms with Crippen LogP contribution in [0.3, 0.4) is 0 Å². The van der Waals surface area contributed by atoms with Crippen LogP contribution in [0.5, 0.6) is 0 Å². The fraction of sp³-hybridized carbons (Fsp3) is 0.875. The molecule has 22 heavy (non-hydrogen) atoms. The molecule has 0 aromatic heterocycles. The van der Waals surface area contributed by atoms with Crippen molar-refractivity contribution in [2.45, 2.75) is 66.0 Å². The summed E-state index contributed by atoms with van der Waals surface area (Å²) in [5, 5.41) is 9.41. The lowest BCUT2D eigenvalue weighted by molar-refractivity contribution is 0.0491. The Morgan fingerprint density at radius 1 is 1.23 bits per heavy atom. The molecular weight excluding hydrogens is 280 g/mol. The molecule has 0 saturated heterocycles. The highest BCUT2D eigenvalue weighted by atomic mass is 16.6. The van der Waals surface area contributed by atoms with Crippen LogP contribution in [0.1, 0.15) is 54.4 Å². The van der Waals surface area contributed by atoms with Gasteiger partial charge in [0.25, 0.3) is 0 Å². The lowest BCUT2D eigenvalue weighted by Gasteiger charge is -2.26. The second kappa shape index (κ2) is 10.3. The Labute approximate surface area is 135 Å². The van der Waals surface area contributed by atoms with Gasteiger partial charge in [-0.1, -0.05) is 27.2 Å². The number of hydrogen-bond donors (Lipinski definition) is 3. The fourth-order valence-corrected chi connectivity index (χ4v) is 1.72. The zero-order chi connectivity index (χ0) is 17.2. The van der Waals surface area contributed by atoms with Gasteiger partial charge in [-0.2, -0.15) is 0 Å². The number of ether oxygens (including phenoxy) is 1. The fourth-order valence-electron chi connectivity index (χ4n) is 1.72. The first-order chi connectivity index (χ1) is 10.2. The van der Waals surface area contributed by atoms with Gasteiger partial charge in [0.05, 0.1) is 6.04 Å². The van der Waals surface area contributed by atoms with Crippen LogP contribution in [0.15, 0.2) is 4.99 Å². The highest BCUT2D eigenvalue weighted by Gasteiger charge is 2.21. The van der Waals surface area contributed by atoms with Gasteiger partial charge in [0, 0.05) is 20.1 Å². The molecule has 1 amide bonds. The molecule has 1 atom stereocenters. The summed E-state index contributed by atoms with van der Waals surface area (Å²) in [6.07, 6.45) is 1.85. The molecule has 0 heterocycles. The van der Waals surface area contributed by atoms with Crippen LogP contribution < -0.4 is 16.0 Å². The van der Waals surface area contributed by atoms with Crippen molar-refractivity contribution in [2.75, 3.05) is 20.1 Å². The molecule has 1 unspecified atom stereocenters. The lowest BCUT2D eigenvalue weighted by Crippen LogP contribution is -2.50. The Kier molecular flexibility index (Phi) is 9.61. The number of carbonyl (C=O) groups is 1. The minimum atomic E-state index is -0.489. The van der Waals surface area contributed by atoms with Gasteiger partial charge in [-0.25, -0.2) is 4.79 Å². The Morgan fingerprint density at radius 2 is 1.86 bits per heavy atom. The van der Waals surface area contributed by atoms with Crippen LogP contribution in [0.25, 0.3) is 0 Å². The second-order valence-corrected chi connectivity index (χ2v) is 6.73. The van der Waals surface area contributed by atoms with Crippen molar-refractivity contribution in [3.8, 4) is 0 Å². The second-order valence-electron chi connectivity index (χ2n) is 6.73. The predicted octanol–water partition coefficient (Wildman–Crippen LogP) is 2.50. The standard InChI is InChI=1S/C16H34N4O2/c1-8-9-10-18-14(17-7)19-11-13(12(2)3)20-15(21)22-16(4,5)6/h12-13H,8-11H2,1-7H3,(H,20,21)(H2,17,18,19). The van der Waals surface area contributed by atoms with Gasteiger partial charge in [-0.3, -0.25) is 4.99 Å². The number of hydrogen-bond acceptors (Lipinski definition) is 3. The van der Waals surface area contributed by atoms with Gasteiger partial charge in [-0.05, 0) is 33.1 Å². The minimum absolute atomic E-state index is 0.0282. The van der Waals surface area contributed by atoms with Crippen molar-refractivity contribution < 1.29 is 9.53 Å². The summed E-state index contributed by atoms with van der Waals surface area (Å²) in [5.74, 6) is 1.04. The third kappa shape index (κ3) is 10.3. The van der Waals surface area contributed by atoms with E-state index in [1.54, 1.807) is 7.05 Å². The largest absolute Gasteiger partial charge is 0.444 e. The molecular formula is C16H34N4O2. The average Bonchev–Trinajstić information content (AvgIpc) is 2.38. The zero-order valence-electron chi connectivity index (χ0n) is 15.2. The number of nitrogens with zero attached hydrogens (tertiary/aromatic N) is 1. The van der Waals surface area contributed by atoms with E-state index >= 15 is 0 Å². The molecule has 0 saturated carbocycles. The van der Waals surface area contributed by atoms with Crippen LogP contribution in [0.2, 0.25) is 0 Å². The molecule has 0 fully saturated rings. The molecule has 0 bridgehead atoms. The van der Waals surface area contributed by atoms with Crippen LogP contribution >= 0.6 is 0 Å². The number of guanidine groups is 1. The number of carbonyl (C=O) groups excluding carboxylic acids is 1. The zero-order valence-corrected chi connectivity index (χ0v) is 15.2. The number of amides is 1. The average molecular weight is 314 g/mol. The van der Waals surface area contributed by atoms with Gasteiger partial charge in [0.15, 0.2) is 5.96 Å². The molecule has 6 heteroatoms. The summed E-state index contributed by atoms with van der Waals surface area (Å²) in [6, 6.07) is -0.0282. The van der Waals surface area contributed by atoms with Gasteiger partial charge in [0.1, 0.15) is 5.60 Å². The molecule has 0 aliphatic rings. The summed E-state index contributed by atoms with van der Waals surface area (Å²) in [4.78, 5) is 16.1. The van der Waals surface area contributed by atoms with Crippen LogP contribution in [-0.4, -0.2) is 43.8 Å². The molecule has 0 rings (SSSR count). The van der Waals surface area contributed by atoms with Crippen molar-refractivity contribution in [3.05, 3.63) is 0 Å². The summed E-state index contributed by atoms with van der Waals surface area (Å²) in [7, 11) is 1.74. The number of unbranched alkanes of at least 4 members (excludes halogenated alkanes) is 1. The summed E-state index contributed by atoms with van der Waals surface area (Å²) in [6.45, 7) is 13.3. The van der Waals surface area contributed by atoms with Crippen molar-refractivity contribution >= 4 is 12.1 Å². The van der Waals surface area contributed by atoms with Crippen LogP contribution in [0.4, 0.5) is 4.79 Å². The summed E-state index contributed by atoms with van der Waals surface area (Å²) < 4.78 is 5.31. The number of nitrogens with one attached hydrogen (secondary N) is 3.